The normalized spacial score (nSPS) is 10.7. The largest absolute Gasteiger partial charge is 0.489 e. The molecule has 3 aromatic carbocycles. The summed E-state index contributed by atoms with van der Waals surface area (Å²) in [6.45, 7) is 2.40. The Morgan fingerprint density at radius 3 is 2.22 bits per heavy atom. The Kier molecular flexibility index (Phi) is 4.66. The number of rotatable bonds is 5. The first kappa shape index (κ1) is 17.0. The first-order valence-electron chi connectivity index (χ1n) is 8.56. The van der Waals surface area contributed by atoms with E-state index in [0.717, 1.165) is 16.7 Å². The second-order valence-electron chi connectivity index (χ2n) is 6.23. The maximum atomic E-state index is 12.9. The molecular formula is C22H17FN2O2. The zero-order valence-electron chi connectivity index (χ0n) is 14.7. The van der Waals surface area contributed by atoms with Gasteiger partial charge in [0.05, 0.1) is 0 Å². The minimum absolute atomic E-state index is 0.256. The number of halogens is 1. The van der Waals surface area contributed by atoms with Gasteiger partial charge in [0.25, 0.3) is 5.89 Å². The van der Waals surface area contributed by atoms with Gasteiger partial charge in [0, 0.05) is 11.1 Å². The van der Waals surface area contributed by atoms with Crippen molar-refractivity contribution in [3.8, 4) is 28.6 Å². The van der Waals surface area contributed by atoms with Crippen molar-refractivity contribution in [3.05, 3.63) is 89.7 Å². The monoisotopic (exact) mass is 360 g/mol. The SMILES string of the molecule is Cc1ccc(-c2nc(-c3ccc(OCc4ccc(F)cc4)cc3)no2)cc1. The van der Waals surface area contributed by atoms with Gasteiger partial charge in [0.2, 0.25) is 5.82 Å². The van der Waals surface area contributed by atoms with E-state index < -0.39 is 0 Å². The molecule has 134 valence electrons. The summed E-state index contributed by atoms with van der Waals surface area (Å²) in [6, 6.07) is 21.6. The third-order valence-electron chi connectivity index (χ3n) is 4.16. The van der Waals surface area contributed by atoms with Crippen molar-refractivity contribution in [1.29, 1.82) is 0 Å². The van der Waals surface area contributed by atoms with Gasteiger partial charge >= 0.3 is 0 Å². The molecular weight excluding hydrogens is 343 g/mol. The second kappa shape index (κ2) is 7.41. The Hall–Kier alpha value is -3.47. The van der Waals surface area contributed by atoms with Crippen LogP contribution < -0.4 is 4.74 Å². The van der Waals surface area contributed by atoms with Gasteiger partial charge in [0.1, 0.15) is 18.2 Å². The van der Waals surface area contributed by atoms with Crippen LogP contribution in [0.1, 0.15) is 11.1 Å². The minimum Gasteiger partial charge on any atom is -0.489 e. The van der Waals surface area contributed by atoms with Crippen LogP contribution in [0.25, 0.3) is 22.8 Å². The fourth-order valence-corrected chi connectivity index (χ4v) is 2.60. The van der Waals surface area contributed by atoms with Crippen molar-refractivity contribution in [2.45, 2.75) is 13.5 Å². The van der Waals surface area contributed by atoms with Crippen LogP contribution in [-0.2, 0) is 6.61 Å². The highest BCUT2D eigenvalue weighted by Crippen LogP contribution is 2.24. The number of nitrogens with zero attached hydrogens (tertiary/aromatic N) is 2. The van der Waals surface area contributed by atoms with E-state index in [1.165, 1.54) is 17.7 Å². The molecule has 0 aliphatic rings. The quantitative estimate of drug-likeness (QED) is 0.476. The van der Waals surface area contributed by atoms with E-state index in [1.807, 2.05) is 55.5 Å². The molecule has 0 radical (unpaired) electrons. The lowest BCUT2D eigenvalue weighted by atomic mass is 10.1. The fraction of sp³-hybridized carbons (Fsp3) is 0.0909. The van der Waals surface area contributed by atoms with Gasteiger partial charge in [-0.1, -0.05) is 35.0 Å². The summed E-state index contributed by atoms with van der Waals surface area (Å²) in [4.78, 5) is 4.46. The maximum absolute atomic E-state index is 12.9. The van der Waals surface area contributed by atoms with Crippen LogP contribution in [0.2, 0.25) is 0 Å². The Morgan fingerprint density at radius 2 is 1.52 bits per heavy atom. The Morgan fingerprint density at radius 1 is 0.852 bits per heavy atom. The van der Waals surface area contributed by atoms with E-state index in [1.54, 1.807) is 12.1 Å². The lowest BCUT2D eigenvalue weighted by Crippen LogP contribution is -1.95. The van der Waals surface area contributed by atoms with Gasteiger partial charge in [-0.2, -0.15) is 4.98 Å². The molecule has 0 saturated carbocycles. The van der Waals surface area contributed by atoms with Crippen molar-refractivity contribution in [2.75, 3.05) is 0 Å². The molecule has 4 nitrogen and oxygen atoms in total. The predicted molar refractivity (Wildman–Crippen MR) is 101 cm³/mol. The van der Waals surface area contributed by atoms with E-state index in [9.17, 15) is 4.39 Å². The topological polar surface area (TPSA) is 48.2 Å². The van der Waals surface area contributed by atoms with Gasteiger partial charge in [0.15, 0.2) is 0 Å². The summed E-state index contributed by atoms with van der Waals surface area (Å²) in [6.07, 6.45) is 0. The van der Waals surface area contributed by atoms with Crippen LogP contribution in [0.15, 0.2) is 77.3 Å². The second-order valence-corrected chi connectivity index (χ2v) is 6.23. The van der Waals surface area contributed by atoms with Gasteiger partial charge in [-0.15, -0.1) is 0 Å². The van der Waals surface area contributed by atoms with Crippen LogP contribution in [0.4, 0.5) is 4.39 Å². The van der Waals surface area contributed by atoms with Crippen LogP contribution >= 0.6 is 0 Å². The van der Waals surface area contributed by atoms with Crippen molar-refractivity contribution in [1.82, 2.24) is 10.1 Å². The molecule has 0 aliphatic carbocycles. The number of benzene rings is 3. The highest BCUT2D eigenvalue weighted by Gasteiger charge is 2.10. The smallest absolute Gasteiger partial charge is 0.258 e. The summed E-state index contributed by atoms with van der Waals surface area (Å²) in [5.74, 6) is 1.47. The van der Waals surface area contributed by atoms with E-state index >= 15 is 0 Å². The molecule has 0 fully saturated rings. The molecule has 0 aliphatic heterocycles. The van der Waals surface area contributed by atoms with Crippen LogP contribution in [0, 0.1) is 12.7 Å². The van der Waals surface area contributed by atoms with E-state index in [4.69, 9.17) is 9.26 Å². The fourth-order valence-electron chi connectivity index (χ4n) is 2.60. The molecule has 0 unspecified atom stereocenters. The van der Waals surface area contributed by atoms with Gasteiger partial charge in [-0.25, -0.2) is 4.39 Å². The molecule has 4 rings (SSSR count). The van der Waals surface area contributed by atoms with Crippen molar-refractivity contribution < 1.29 is 13.7 Å². The lowest BCUT2D eigenvalue weighted by Gasteiger charge is -2.06. The molecule has 0 spiro atoms. The van der Waals surface area contributed by atoms with Crippen LogP contribution in [-0.4, -0.2) is 10.1 Å². The van der Waals surface area contributed by atoms with Gasteiger partial charge in [-0.3, -0.25) is 0 Å². The third-order valence-corrected chi connectivity index (χ3v) is 4.16. The molecule has 1 aromatic heterocycles. The average molecular weight is 360 g/mol. The molecule has 0 N–H and O–H groups in total. The average Bonchev–Trinajstić information content (AvgIpc) is 3.19. The zero-order chi connectivity index (χ0) is 18.6. The number of hydrogen-bond acceptors (Lipinski definition) is 4. The number of aryl methyl sites for hydroxylation is 1. The summed E-state index contributed by atoms with van der Waals surface area (Å²) < 4.78 is 24.0. The molecule has 0 amide bonds. The van der Waals surface area contributed by atoms with Crippen LogP contribution in [0.5, 0.6) is 5.75 Å². The third kappa shape index (κ3) is 4.03. The highest BCUT2D eigenvalue weighted by atomic mass is 19.1. The van der Waals surface area contributed by atoms with Crippen molar-refractivity contribution >= 4 is 0 Å². The van der Waals surface area contributed by atoms with E-state index in [0.29, 0.717) is 24.1 Å². The summed E-state index contributed by atoms with van der Waals surface area (Å²) in [7, 11) is 0. The van der Waals surface area contributed by atoms with E-state index in [2.05, 4.69) is 10.1 Å². The summed E-state index contributed by atoms with van der Waals surface area (Å²) >= 11 is 0. The van der Waals surface area contributed by atoms with Crippen LogP contribution in [0.3, 0.4) is 0 Å². The summed E-state index contributed by atoms with van der Waals surface area (Å²) in [5.41, 5.74) is 3.81. The first-order chi connectivity index (χ1) is 13.2. The number of hydrogen-bond donors (Lipinski definition) is 0. The molecule has 5 heteroatoms. The molecule has 1 heterocycles. The molecule has 4 aromatic rings. The number of aromatic nitrogens is 2. The Labute approximate surface area is 156 Å². The number of ether oxygens (including phenoxy) is 1. The van der Waals surface area contributed by atoms with Crippen molar-refractivity contribution in [2.24, 2.45) is 0 Å². The maximum Gasteiger partial charge on any atom is 0.258 e. The van der Waals surface area contributed by atoms with Gasteiger partial charge in [-0.05, 0) is 61.0 Å². The first-order valence-corrected chi connectivity index (χ1v) is 8.56. The standard InChI is InChI=1S/C22H17FN2O2/c1-15-2-6-18(7-3-15)22-24-21(25-27-22)17-8-12-20(13-9-17)26-14-16-4-10-19(23)11-5-16/h2-13H,14H2,1H3. The summed E-state index contributed by atoms with van der Waals surface area (Å²) in [5, 5.41) is 4.05. The predicted octanol–water partition coefficient (Wildman–Crippen LogP) is 5.43. The zero-order valence-corrected chi connectivity index (χ0v) is 14.7. The molecule has 27 heavy (non-hydrogen) atoms. The lowest BCUT2D eigenvalue weighted by molar-refractivity contribution is 0.306. The molecule has 0 atom stereocenters. The van der Waals surface area contributed by atoms with Gasteiger partial charge < -0.3 is 9.26 Å². The Bertz CT molecular complexity index is 1020. The molecule has 0 saturated heterocycles. The highest BCUT2D eigenvalue weighted by molar-refractivity contribution is 5.60. The Balaban J connectivity index is 1.44. The van der Waals surface area contributed by atoms with E-state index in [-0.39, 0.29) is 5.82 Å². The minimum atomic E-state index is -0.256. The van der Waals surface area contributed by atoms with Crippen molar-refractivity contribution in [3.63, 3.8) is 0 Å². The molecule has 0 bridgehead atoms.